The molecule has 2 atom stereocenters. The average Bonchev–Trinajstić information content (AvgIpc) is 3.37. The molecule has 3 aromatic rings. The zero-order valence-corrected chi connectivity index (χ0v) is 16.1. The van der Waals surface area contributed by atoms with E-state index >= 15 is 0 Å². The molecule has 1 aromatic carbocycles. The van der Waals surface area contributed by atoms with Crippen molar-refractivity contribution in [3.05, 3.63) is 65.5 Å². The quantitative estimate of drug-likeness (QED) is 0.572. The molecule has 0 radical (unpaired) electrons. The molecule has 1 amide bonds. The molecule has 1 fully saturated rings. The maximum Gasteiger partial charge on any atom is 0.255 e. The number of nitrogens with zero attached hydrogens (tertiary/aromatic N) is 3. The van der Waals surface area contributed by atoms with Gasteiger partial charge in [-0.2, -0.15) is 5.10 Å². The zero-order chi connectivity index (χ0) is 21.3. The summed E-state index contributed by atoms with van der Waals surface area (Å²) in [5, 5.41) is 25.1. The van der Waals surface area contributed by atoms with E-state index in [9.17, 15) is 18.7 Å². The predicted molar refractivity (Wildman–Crippen MR) is 106 cm³/mol. The summed E-state index contributed by atoms with van der Waals surface area (Å²) in [5.41, 5.74) is 2.29. The van der Waals surface area contributed by atoms with Gasteiger partial charge < -0.3 is 20.4 Å². The number of hydrogen-bond donors (Lipinski definition) is 3. The highest BCUT2D eigenvalue weighted by atomic mass is 19.1. The standard InChI is InChI=1S/C21H22F2N4O3/c22-14-6-13(7-15(23)8-14)19-2-1-4-26(19)16-3-5-27-20(9-16)18(11-25-27)21(30)24-10-17(29)12-28/h3,5-9,11,17,19,28-29H,1-2,4,10,12H2,(H,24,30). The van der Waals surface area contributed by atoms with Crippen molar-refractivity contribution in [1.82, 2.24) is 14.9 Å². The molecule has 158 valence electrons. The fraction of sp³-hybridized carbons (Fsp3) is 0.333. The lowest BCUT2D eigenvalue weighted by atomic mass is 10.0. The first kappa shape index (κ1) is 20.2. The molecule has 3 heterocycles. The molecule has 4 rings (SSSR count). The Balaban J connectivity index is 1.63. The van der Waals surface area contributed by atoms with E-state index in [-0.39, 0.29) is 12.6 Å². The highest BCUT2D eigenvalue weighted by molar-refractivity contribution is 6.01. The molecule has 0 spiro atoms. The lowest BCUT2D eigenvalue weighted by molar-refractivity contribution is 0.0803. The fourth-order valence-electron chi connectivity index (χ4n) is 3.88. The lowest BCUT2D eigenvalue weighted by Gasteiger charge is -2.27. The van der Waals surface area contributed by atoms with E-state index in [4.69, 9.17) is 5.11 Å². The van der Waals surface area contributed by atoms with E-state index < -0.39 is 30.3 Å². The number of anilines is 1. The topological polar surface area (TPSA) is 90.1 Å². The van der Waals surface area contributed by atoms with Crippen LogP contribution in [0.1, 0.15) is 34.8 Å². The maximum absolute atomic E-state index is 13.7. The third-order valence-corrected chi connectivity index (χ3v) is 5.31. The molecule has 3 N–H and O–H groups in total. The number of aliphatic hydroxyl groups excluding tert-OH is 2. The molecule has 0 bridgehead atoms. The summed E-state index contributed by atoms with van der Waals surface area (Å²) in [6.07, 6.45) is 3.76. The Morgan fingerprint density at radius 2 is 2.03 bits per heavy atom. The Hall–Kier alpha value is -3.04. The van der Waals surface area contributed by atoms with Crippen molar-refractivity contribution < 1.29 is 23.8 Å². The summed E-state index contributed by atoms with van der Waals surface area (Å²) in [7, 11) is 0. The molecular weight excluding hydrogens is 394 g/mol. The van der Waals surface area contributed by atoms with Gasteiger partial charge in [0.05, 0.1) is 36.0 Å². The molecule has 9 heteroatoms. The van der Waals surface area contributed by atoms with Crippen LogP contribution >= 0.6 is 0 Å². The van der Waals surface area contributed by atoms with Crippen LogP contribution < -0.4 is 10.2 Å². The first-order valence-electron chi connectivity index (χ1n) is 9.73. The fourth-order valence-corrected chi connectivity index (χ4v) is 3.88. The second-order valence-corrected chi connectivity index (χ2v) is 7.37. The lowest BCUT2D eigenvalue weighted by Crippen LogP contribution is -2.33. The van der Waals surface area contributed by atoms with Gasteiger partial charge in [0.15, 0.2) is 0 Å². The van der Waals surface area contributed by atoms with Crippen molar-refractivity contribution in [2.24, 2.45) is 0 Å². The Kier molecular flexibility index (Phi) is 5.65. The number of rotatable bonds is 6. The number of aromatic nitrogens is 2. The van der Waals surface area contributed by atoms with Gasteiger partial charge in [-0.1, -0.05) is 0 Å². The summed E-state index contributed by atoms with van der Waals surface area (Å²) >= 11 is 0. The van der Waals surface area contributed by atoms with Gasteiger partial charge >= 0.3 is 0 Å². The highest BCUT2D eigenvalue weighted by Gasteiger charge is 2.28. The van der Waals surface area contributed by atoms with Crippen LogP contribution in [0, 0.1) is 11.6 Å². The molecule has 7 nitrogen and oxygen atoms in total. The minimum Gasteiger partial charge on any atom is -0.394 e. The van der Waals surface area contributed by atoms with Crippen LogP contribution in [0.5, 0.6) is 0 Å². The van der Waals surface area contributed by atoms with Crippen LogP contribution in [0.4, 0.5) is 14.5 Å². The van der Waals surface area contributed by atoms with Crippen molar-refractivity contribution in [3.8, 4) is 0 Å². The number of halogens is 2. The molecular formula is C21H22F2N4O3. The largest absolute Gasteiger partial charge is 0.394 e. The summed E-state index contributed by atoms with van der Waals surface area (Å²) in [5.74, 6) is -1.63. The third-order valence-electron chi connectivity index (χ3n) is 5.31. The Labute approximate surface area is 171 Å². The molecule has 0 saturated carbocycles. The third kappa shape index (κ3) is 3.99. The number of aliphatic hydroxyl groups is 2. The number of benzene rings is 1. The minimum absolute atomic E-state index is 0.0777. The number of carbonyl (C=O) groups excluding carboxylic acids is 1. The molecule has 1 saturated heterocycles. The molecule has 1 aliphatic heterocycles. The van der Waals surface area contributed by atoms with Crippen LogP contribution in [0.25, 0.3) is 5.52 Å². The van der Waals surface area contributed by atoms with Crippen molar-refractivity contribution in [1.29, 1.82) is 0 Å². The number of pyridine rings is 1. The van der Waals surface area contributed by atoms with E-state index in [1.165, 1.54) is 18.3 Å². The Morgan fingerprint density at radius 3 is 2.77 bits per heavy atom. The normalized spacial score (nSPS) is 17.5. The summed E-state index contributed by atoms with van der Waals surface area (Å²) in [4.78, 5) is 14.5. The number of amides is 1. The monoisotopic (exact) mass is 416 g/mol. The molecule has 2 aromatic heterocycles. The zero-order valence-electron chi connectivity index (χ0n) is 16.1. The second kappa shape index (κ2) is 8.37. The van der Waals surface area contributed by atoms with Crippen LogP contribution in [0.15, 0.2) is 42.7 Å². The smallest absolute Gasteiger partial charge is 0.255 e. The van der Waals surface area contributed by atoms with Gasteiger partial charge in [-0.15, -0.1) is 0 Å². The number of hydrogen-bond acceptors (Lipinski definition) is 5. The summed E-state index contributed by atoms with van der Waals surface area (Å²) in [6.45, 7) is 0.194. The van der Waals surface area contributed by atoms with Crippen molar-refractivity contribution >= 4 is 17.1 Å². The molecule has 1 aliphatic rings. The van der Waals surface area contributed by atoms with Gasteiger partial charge in [-0.25, -0.2) is 13.3 Å². The van der Waals surface area contributed by atoms with Crippen LogP contribution in [-0.4, -0.2) is 51.5 Å². The van der Waals surface area contributed by atoms with E-state index in [0.717, 1.165) is 31.1 Å². The summed E-state index contributed by atoms with van der Waals surface area (Å²) in [6, 6.07) is 7.07. The number of fused-ring (bicyclic) bond motifs is 1. The van der Waals surface area contributed by atoms with Crippen molar-refractivity contribution in [3.63, 3.8) is 0 Å². The van der Waals surface area contributed by atoms with E-state index in [1.807, 2.05) is 12.1 Å². The van der Waals surface area contributed by atoms with Crippen molar-refractivity contribution in [2.75, 3.05) is 24.6 Å². The number of nitrogens with one attached hydrogen (secondary N) is 1. The molecule has 0 aliphatic carbocycles. The van der Waals surface area contributed by atoms with E-state index in [2.05, 4.69) is 15.3 Å². The van der Waals surface area contributed by atoms with Gasteiger partial charge in [0, 0.05) is 31.0 Å². The van der Waals surface area contributed by atoms with Gasteiger partial charge in [-0.3, -0.25) is 4.79 Å². The molecule has 30 heavy (non-hydrogen) atoms. The Bertz CT molecular complexity index is 1050. The first-order valence-corrected chi connectivity index (χ1v) is 9.73. The van der Waals surface area contributed by atoms with Gasteiger partial charge in [0.1, 0.15) is 11.6 Å². The van der Waals surface area contributed by atoms with Crippen LogP contribution in [-0.2, 0) is 0 Å². The van der Waals surface area contributed by atoms with E-state index in [0.29, 0.717) is 16.6 Å². The van der Waals surface area contributed by atoms with Gasteiger partial charge in [-0.05, 0) is 42.7 Å². The molecule has 2 unspecified atom stereocenters. The first-order chi connectivity index (χ1) is 14.5. The number of carbonyl (C=O) groups is 1. The van der Waals surface area contributed by atoms with E-state index in [1.54, 1.807) is 10.7 Å². The predicted octanol–water partition coefficient (Wildman–Crippen LogP) is 2.04. The summed E-state index contributed by atoms with van der Waals surface area (Å²) < 4.78 is 29.0. The van der Waals surface area contributed by atoms with Gasteiger partial charge in [0.25, 0.3) is 5.91 Å². The van der Waals surface area contributed by atoms with Crippen LogP contribution in [0.2, 0.25) is 0 Å². The minimum atomic E-state index is -1.04. The Morgan fingerprint density at radius 1 is 1.27 bits per heavy atom. The maximum atomic E-state index is 13.7. The highest BCUT2D eigenvalue weighted by Crippen LogP contribution is 2.37. The average molecular weight is 416 g/mol. The second-order valence-electron chi connectivity index (χ2n) is 7.37. The SMILES string of the molecule is O=C(NCC(O)CO)c1cnn2ccc(N3CCCC3c3cc(F)cc(F)c3)cc12. The van der Waals surface area contributed by atoms with Crippen molar-refractivity contribution in [2.45, 2.75) is 25.0 Å². The van der Waals surface area contributed by atoms with Gasteiger partial charge in [0.2, 0.25) is 0 Å². The van der Waals surface area contributed by atoms with Crippen LogP contribution in [0.3, 0.4) is 0 Å².